The number of nitrogens with two attached hydrogens (primary N) is 1. The van der Waals surface area contributed by atoms with E-state index in [1.54, 1.807) is 48.1 Å². The summed E-state index contributed by atoms with van der Waals surface area (Å²) in [5, 5.41) is 11.5. The quantitative estimate of drug-likeness (QED) is 0.310. The number of aromatic nitrogens is 1. The zero-order valence-corrected chi connectivity index (χ0v) is 15.3. The molecule has 7 nitrogen and oxygen atoms in total. The summed E-state index contributed by atoms with van der Waals surface area (Å²) >= 11 is 0. The highest BCUT2D eigenvalue weighted by Gasteiger charge is 2.11. The third-order valence-corrected chi connectivity index (χ3v) is 4.44. The van der Waals surface area contributed by atoms with Crippen molar-refractivity contribution in [3.63, 3.8) is 0 Å². The van der Waals surface area contributed by atoms with E-state index in [-0.39, 0.29) is 5.91 Å². The minimum absolute atomic E-state index is 0.234. The van der Waals surface area contributed by atoms with Gasteiger partial charge < -0.3 is 11.1 Å². The van der Waals surface area contributed by atoms with Crippen molar-refractivity contribution in [3.8, 4) is 11.3 Å². The Morgan fingerprint density at radius 1 is 1.04 bits per heavy atom. The van der Waals surface area contributed by atoms with Crippen LogP contribution in [0.4, 0.5) is 5.69 Å². The first-order valence-electron chi connectivity index (χ1n) is 8.62. The van der Waals surface area contributed by atoms with Gasteiger partial charge in [-0.1, -0.05) is 24.3 Å². The molecule has 0 aliphatic heterocycles. The Balaban J connectivity index is 1.71. The molecule has 2 amide bonds. The summed E-state index contributed by atoms with van der Waals surface area (Å²) in [4.78, 5) is 28.2. The summed E-state index contributed by atoms with van der Waals surface area (Å²) < 4.78 is 0. The van der Waals surface area contributed by atoms with Crippen LogP contribution in [0.15, 0.2) is 60.8 Å². The molecule has 28 heavy (non-hydrogen) atoms. The van der Waals surface area contributed by atoms with Crippen LogP contribution in [0.5, 0.6) is 0 Å². The molecule has 0 saturated carbocycles. The second kappa shape index (κ2) is 8.32. The molecule has 0 radical (unpaired) electrons. The number of carbonyl (C=O) groups is 2. The van der Waals surface area contributed by atoms with Crippen molar-refractivity contribution >= 4 is 17.5 Å². The zero-order valence-electron chi connectivity index (χ0n) is 15.3. The van der Waals surface area contributed by atoms with E-state index in [1.165, 1.54) is 0 Å². The van der Waals surface area contributed by atoms with Crippen molar-refractivity contribution < 1.29 is 14.8 Å². The number of hydrogen-bond acceptors (Lipinski definition) is 5. The number of hydroxylamine groups is 1. The number of carbonyl (C=O) groups excluding carboxylic acids is 2. The lowest BCUT2D eigenvalue weighted by molar-refractivity contribution is 0.0706. The third-order valence-electron chi connectivity index (χ3n) is 4.44. The molecule has 0 fully saturated rings. The molecule has 142 valence electrons. The second-order valence-electron chi connectivity index (χ2n) is 6.27. The molecule has 3 rings (SSSR count). The van der Waals surface area contributed by atoms with E-state index in [4.69, 9.17) is 10.9 Å². The van der Waals surface area contributed by atoms with Gasteiger partial charge in [0.1, 0.15) is 0 Å². The molecule has 1 heterocycles. The second-order valence-corrected chi connectivity index (χ2v) is 6.27. The number of benzene rings is 2. The normalized spacial score (nSPS) is 10.4. The predicted octanol–water partition coefficient (Wildman–Crippen LogP) is 2.69. The van der Waals surface area contributed by atoms with Crippen molar-refractivity contribution in [2.24, 2.45) is 0 Å². The van der Waals surface area contributed by atoms with Gasteiger partial charge in [-0.15, -0.1) is 0 Å². The minimum atomic E-state index is -0.586. The monoisotopic (exact) mass is 376 g/mol. The molecule has 7 heteroatoms. The first-order valence-corrected chi connectivity index (χ1v) is 8.62. The zero-order chi connectivity index (χ0) is 20.1. The maximum atomic E-state index is 12.5. The molecule has 0 aliphatic carbocycles. The van der Waals surface area contributed by atoms with Gasteiger partial charge in [0.15, 0.2) is 0 Å². The smallest absolute Gasteiger partial charge is 0.274 e. The lowest BCUT2D eigenvalue weighted by Gasteiger charge is -2.10. The van der Waals surface area contributed by atoms with Gasteiger partial charge in [0.05, 0.1) is 5.69 Å². The number of hydrogen-bond donors (Lipinski definition) is 4. The fourth-order valence-corrected chi connectivity index (χ4v) is 2.77. The minimum Gasteiger partial charge on any atom is -0.398 e. The van der Waals surface area contributed by atoms with Crippen molar-refractivity contribution in [2.45, 2.75) is 13.5 Å². The van der Waals surface area contributed by atoms with E-state index >= 15 is 0 Å². The van der Waals surface area contributed by atoms with E-state index in [0.29, 0.717) is 29.1 Å². The number of rotatable bonds is 5. The number of nitrogens with one attached hydrogen (secondary N) is 2. The summed E-state index contributed by atoms with van der Waals surface area (Å²) in [5.41, 5.74) is 12.3. The molecule has 0 saturated heterocycles. The molecule has 0 bridgehead atoms. The van der Waals surface area contributed by atoms with E-state index in [1.807, 2.05) is 25.1 Å². The highest BCUT2D eigenvalue weighted by molar-refractivity contribution is 5.95. The maximum absolute atomic E-state index is 12.5. The SMILES string of the molecule is Cc1c(N)cccc1-c1cc(C(=O)NCc2ccc(C(=O)NO)cc2)ccn1. The summed E-state index contributed by atoms with van der Waals surface area (Å²) in [5.74, 6) is -0.820. The Morgan fingerprint density at radius 2 is 1.79 bits per heavy atom. The number of pyridine rings is 1. The summed E-state index contributed by atoms with van der Waals surface area (Å²) in [7, 11) is 0. The van der Waals surface area contributed by atoms with Crippen molar-refractivity contribution in [2.75, 3.05) is 5.73 Å². The largest absolute Gasteiger partial charge is 0.398 e. The topological polar surface area (TPSA) is 117 Å². The molecule has 1 aromatic heterocycles. The molecule has 5 N–H and O–H groups in total. The Bertz CT molecular complexity index is 1020. The van der Waals surface area contributed by atoms with Crippen molar-refractivity contribution in [1.29, 1.82) is 0 Å². The van der Waals surface area contributed by atoms with Crippen LogP contribution in [0, 0.1) is 6.92 Å². The van der Waals surface area contributed by atoms with Crippen molar-refractivity contribution in [1.82, 2.24) is 15.8 Å². The molecule has 2 aromatic carbocycles. The average molecular weight is 376 g/mol. The van der Waals surface area contributed by atoms with Gasteiger partial charge in [-0.25, -0.2) is 5.48 Å². The first kappa shape index (κ1) is 19.1. The highest BCUT2D eigenvalue weighted by atomic mass is 16.5. The number of nitrogens with zero attached hydrogens (tertiary/aromatic N) is 1. The number of amides is 2. The fourth-order valence-electron chi connectivity index (χ4n) is 2.77. The lowest BCUT2D eigenvalue weighted by Crippen LogP contribution is -2.23. The molecular formula is C21H20N4O3. The Morgan fingerprint density at radius 3 is 2.50 bits per heavy atom. The average Bonchev–Trinajstić information content (AvgIpc) is 2.74. The van der Waals surface area contributed by atoms with Gasteiger partial charge in [-0.2, -0.15) is 0 Å². The van der Waals surface area contributed by atoms with Gasteiger partial charge >= 0.3 is 0 Å². The van der Waals surface area contributed by atoms with Crippen LogP contribution in [0.2, 0.25) is 0 Å². The Hall–Kier alpha value is -3.71. The molecular weight excluding hydrogens is 356 g/mol. The summed E-state index contributed by atoms with van der Waals surface area (Å²) in [6.07, 6.45) is 1.59. The van der Waals surface area contributed by atoms with Crippen LogP contribution < -0.4 is 16.5 Å². The van der Waals surface area contributed by atoms with Crippen LogP contribution in [-0.4, -0.2) is 22.0 Å². The maximum Gasteiger partial charge on any atom is 0.274 e. The molecule has 0 spiro atoms. The highest BCUT2D eigenvalue weighted by Crippen LogP contribution is 2.25. The van der Waals surface area contributed by atoms with Crippen LogP contribution in [-0.2, 0) is 6.54 Å². The van der Waals surface area contributed by atoms with Crippen molar-refractivity contribution in [3.05, 3.63) is 83.0 Å². The van der Waals surface area contributed by atoms with Crippen LogP contribution in [0.25, 0.3) is 11.3 Å². The Kier molecular flexibility index (Phi) is 5.67. The summed E-state index contributed by atoms with van der Waals surface area (Å²) in [6.45, 7) is 2.22. The molecule has 0 aliphatic rings. The Labute approximate surface area is 162 Å². The van der Waals surface area contributed by atoms with Gasteiger partial charge in [0.2, 0.25) is 0 Å². The van der Waals surface area contributed by atoms with Crippen LogP contribution >= 0.6 is 0 Å². The molecule has 3 aromatic rings. The van der Waals surface area contributed by atoms with Gasteiger partial charge in [0, 0.05) is 35.1 Å². The van der Waals surface area contributed by atoms with Crippen LogP contribution in [0.3, 0.4) is 0 Å². The van der Waals surface area contributed by atoms with E-state index in [2.05, 4.69) is 10.3 Å². The molecule has 0 atom stereocenters. The van der Waals surface area contributed by atoms with E-state index < -0.39 is 5.91 Å². The standard InChI is InChI=1S/C21H20N4O3/c1-13-17(3-2-4-18(13)22)19-11-16(9-10-23-19)20(26)24-12-14-5-7-15(8-6-14)21(27)25-28/h2-11,28H,12,22H2,1H3,(H,24,26)(H,25,27). The lowest BCUT2D eigenvalue weighted by atomic mass is 10.0. The van der Waals surface area contributed by atoms with Gasteiger partial charge in [-0.05, 0) is 48.4 Å². The van der Waals surface area contributed by atoms with Gasteiger partial charge in [0.25, 0.3) is 11.8 Å². The first-order chi connectivity index (χ1) is 13.5. The van der Waals surface area contributed by atoms with Gasteiger partial charge in [-0.3, -0.25) is 19.8 Å². The summed E-state index contributed by atoms with van der Waals surface area (Å²) in [6, 6.07) is 15.5. The number of nitrogen functional groups attached to an aromatic ring is 1. The van der Waals surface area contributed by atoms with Crippen LogP contribution in [0.1, 0.15) is 31.8 Å². The fraction of sp³-hybridized carbons (Fsp3) is 0.0952. The predicted molar refractivity (Wildman–Crippen MR) is 106 cm³/mol. The van der Waals surface area contributed by atoms with E-state index in [9.17, 15) is 9.59 Å². The number of anilines is 1. The third kappa shape index (κ3) is 4.16. The van der Waals surface area contributed by atoms with E-state index in [0.717, 1.165) is 16.7 Å². The molecule has 0 unspecified atom stereocenters.